The molecular formula is C10H20O3. The van der Waals surface area contributed by atoms with Gasteiger partial charge in [-0.25, -0.2) is 0 Å². The summed E-state index contributed by atoms with van der Waals surface area (Å²) in [5, 5.41) is 8.85. The third-order valence-corrected chi connectivity index (χ3v) is 2.91. The van der Waals surface area contributed by atoms with Gasteiger partial charge in [-0.2, -0.15) is 0 Å². The fourth-order valence-electron chi connectivity index (χ4n) is 2.17. The van der Waals surface area contributed by atoms with Gasteiger partial charge in [0.05, 0.1) is 18.3 Å². The van der Waals surface area contributed by atoms with Gasteiger partial charge in [0.15, 0.2) is 0 Å². The van der Waals surface area contributed by atoms with Gasteiger partial charge in [0, 0.05) is 19.6 Å². The second-order valence-corrected chi connectivity index (χ2v) is 3.69. The van der Waals surface area contributed by atoms with E-state index in [1.807, 2.05) is 0 Å². The molecule has 0 aliphatic carbocycles. The first kappa shape index (κ1) is 11.0. The summed E-state index contributed by atoms with van der Waals surface area (Å²) in [5.74, 6) is 0.437. The highest BCUT2D eigenvalue weighted by Gasteiger charge is 2.40. The third-order valence-electron chi connectivity index (χ3n) is 2.91. The van der Waals surface area contributed by atoms with Crippen molar-refractivity contribution in [3.63, 3.8) is 0 Å². The van der Waals surface area contributed by atoms with Crippen LogP contribution >= 0.6 is 0 Å². The fraction of sp³-hybridized carbons (Fsp3) is 1.00. The monoisotopic (exact) mass is 188 g/mol. The molecule has 0 amide bonds. The molecule has 0 aromatic carbocycles. The first-order chi connectivity index (χ1) is 6.24. The Morgan fingerprint density at radius 2 is 2.08 bits per heavy atom. The average Bonchev–Trinajstić information content (AvgIpc) is 2.43. The lowest BCUT2D eigenvalue weighted by molar-refractivity contribution is -0.0178. The molecule has 0 saturated carbocycles. The normalized spacial score (nSPS) is 39.7. The summed E-state index contributed by atoms with van der Waals surface area (Å²) in [7, 11) is 1.72. The topological polar surface area (TPSA) is 38.7 Å². The van der Waals surface area contributed by atoms with Crippen molar-refractivity contribution < 1.29 is 14.6 Å². The summed E-state index contributed by atoms with van der Waals surface area (Å²) in [5.41, 5.74) is 0. The standard InChI is InChI=1S/C10H20O3/c1-4-8-7(2)10(12-3)9(13-8)5-6-11/h7-11H,4-6H2,1-3H3. The average molecular weight is 188 g/mol. The lowest BCUT2D eigenvalue weighted by atomic mass is 9.96. The Morgan fingerprint density at radius 1 is 1.38 bits per heavy atom. The van der Waals surface area contributed by atoms with Crippen LogP contribution in [0, 0.1) is 5.92 Å². The highest BCUT2D eigenvalue weighted by Crippen LogP contribution is 2.31. The van der Waals surface area contributed by atoms with Crippen molar-refractivity contribution in [2.75, 3.05) is 13.7 Å². The summed E-state index contributed by atoms with van der Waals surface area (Å²) < 4.78 is 11.2. The van der Waals surface area contributed by atoms with Crippen LogP contribution in [0.2, 0.25) is 0 Å². The van der Waals surface area contributed by atoms with Crippen LogP contribution in [-0.2, 0) is 9.47 Å². The first-order valence-corrected chi connectivity index (χ1v) is 5.03. The van der Waals surface area contributed by atoms with Crippen molar-refractivity contribution in [2.24, 2.45) is 5.92 Å². The molecule has 0 radical (unpaired) electrons. The zero-order valence-corrected chi connectivity index (χ0v) is 8.69. The van der Waals surface area contributed by atoms with E-state index in [9.17, 15) is 0 Å². The molecule has 1 saturated heterocycles. The number of methoxy groups -OCH3 is 1. The maximum atomic E-state index is 8.85. The Labute approximate surface area is 80.0 Å². The van der Waals surface area contributed by atoms with E-state index in [1.54, 1.807) is 7.11 Å². The maximum absolute atomic E-state index is 8.85. The first-order valence-electron chi connectivity index (χ1n) is 5.03. The van der Waals surface area contributed by atoms with Crippen LogP contribution in [0.15, 0.2) is 0 Å². The number of rotatable bonds is 4. The molecule has 1 rings (SSSR count). The summed E-state index contributed by atoms with van der Waals surface area (Å²) in [4.78, 5) is 0. The smallest absolute Gasteiger partial charge is 0.0884 e. The van der Waals surface area contributed by atoms with Gasteiger partial charge in [0.25, 0.3) is 0 Å². The third kappa shape index (κ3) is 2.22. The molecule has 1 aliphatic rings. The van der Waals surface area contributed by atoms with Crippen molar-refractivity contribution in [3.05, 3.63) is 0 Å². The zero-order valence-electron chi connectivity index (χ0n) is 8.69. The molecule has 0 spiro atoms. The summed E-state index contributed by atoms with van der Waals surface area (Å²) >= 11 is 0. The van der Waals surface area contributed by atoms with Crippen LogP contribution in [-0.4, -0.2) is 37.1 Å². The van der Waals surface area contributed by atoms with E-state index in [0.29, 0.717) is 18.4 Å². The number of hydrogen-bond donors (Lipinski definition) is 1. The molecule has 1 heterocycles. The number of aliphatic hydroxyl groups excluding tert-OH is 1. The predicted molar refractivity (Wildman–Crippen MR) is 50.6 cm³/mol. The molecule has 0 aromatic heterocycles. The SMILES string of the molecule is CCC1OC(CCO)C(OC)C1C. The minimum Gasteiger partial charge on any atom is -0.396 e. The molecule has 4 unspecified atom stereocenters. The van der Waals surface area contributed by atoms with E-state index in [4.69, 9.17) is 14.6 Å². The van der Waals surface area contributed by atoms with Crippen LogP contribution in [0.5, 0.6) is 0 Å². The summed E-state index contributed by atoms with van der Waals surface area (Å²) in [6.07, 6.45) is 2.22. The van der Waals surface area contributed by atoms with E-state index in [1.165, 1.54) is 0 Å². The van der Waals surface area contributed by atoms with Crippen molar-refractivity contribution >= 4 is 0 Å². The molecule has 3 nitrogen and oxygen atoms in total. The molecule has 4 atom stereocenters. The molecule has 0 bridgehead atoms. The maximum Gasteiger partial charge on any atom is 0.0884 e. The largest absolute Gasteiger partial charge is 0.396 e. The summed E-state index contributed by atoms with van der Waals surface area (Å²) in [6, 6.07) is 0. The molecule has 1 N–H and O–H groups in total. The molecular weight excluding hydrogens is 168 g/mol. The van der Waals surface area contributed by atoms with E-state index >= 15 is 0 Å². The van der Waals surface area contributed by atoms with Gasteiger partial charge < -0.3 is 14.6 Å². The van der Waals surface area contributed by atoms with Crippen LogP contribution < -0.4 is 0 Å². The molecule has 78 valence electrons. The lowest BCUT2D eigenvalue weighted by Gasteiger charge is -2.18. The van der Waals surface area contributed by atoms with Gasteiger partial charge in [-0.05, 0) is 12.8 Å². The van der Waals surface area contributed by atoms with E-state index in [0.717, 1.165) is 6.42 Å². The second-order valence-electron chi connectivity index (χ2n) is 3.69. The zero-order chi connectivity index (χ0) is 9.84. The van der Waals surface area contributed by atoms with Gasteiger partial charge in [0.2, 0.25) is 0 Å². The Kier molecular flexibility index (Phi) is 4.16. The Hall–Kier alpha value is -0.120. The van der Waals surface area contributed by atoms with E-state index < -0.39 is 0 Å². The number of hydrogen-bond acceptors (Lipinski definition) is 3. The van der Waals surface area contributed by atoms with Crippen molar-refractivity contribution in [1.82, 2.24) is 0 Å². The van der Waals surface area contributed by atoms with E-state index in [2.05, 4.69) is 13.8 Å². The second kappa shape index (κ2) is 4.94. The molecule has 1 aliphatic heterocycles. The molecule has 0 aromatic rings. The van der Waals surface area contributed by atoms with Crippen molar-refractivity contribution in [2.45, 2.75) is 45.0 Å². The summed E-state index contributed by atoms with van der Waals surface area (Å²) in [6.45, 7) is 4.45. The Morgan fingerprint density at radius 3 is 2.54 bits per heavy atom. The Balaban J connectivity index is 2.55. The number of aliphatic hydroxyl groups is 1. The fourth-order valence-corrected chi connectivity index (χ4v) is 2.17. The Bertz CT molecular complexity index is 149. The lowest BCUT2D eigenvalue weighted by Crippen LogP contribution is -2.28. The van der Waals surface area contributed by atoms with Crippen LogP contribution in [0.25, 0.3) is 0 Å². The van der Waals surface area contributed by atoms with Crippen molar-refractivity contribution in [1.29, 1.82) is 0 Å². The van der Waals surface area contributed by atoms with Gasteiger partial charge >= 0.3 is 0 Å². The van der Waals surface area contributed by atoms with Gasteiger partial charge in [-0.1, -0.05) is 13.8 Å². The van der Waals surface area contributed by atoms with Gasteiger partial charge in [-0.15, -0.1) is 0 Å². The van der Waals surface area contributed by atoms with Gasteiger partial charge in [0.1, 0.15) is 0 Å². The number of ether oxygens (including phenoxy) is 2. The molecule has 3 heteroatoms. The van der Waals surface area contributed by atoms with Gasteiger partial charge in [-0.3, -0.25) is 0 Å². The minimum absolute atomic E-state index is 0.0787. The predicted octanol–water partition coefficient (Wildman–Crippen LogP) is 1.20. The van der Waals surface area contributed by atoms with E-state index in [-0.39, 0.29) is 18.8 Å². The quantitative estimate of drug-likeness (QED) is 0.720. The highest BCUT2D eigenvalue weighted by molar-refractivity contribution is 4.88. The molecule has 1 fully saturated rings. The van der Waals surface area contributed by atoms with Crippen LogP contribution in [0.3, 0.4) is 0 Å². The molecule has 13 heavy (non-hydrogen) atoms. The van der Waals surface area contributed by atoms with Crippen LogP contribution in [0.4, 0.5) is 0 Å². The van der Waals surface area contributed by atoms with Crippen molar-refractivity contribution in [3.8, 4) is 0 Å². The minimum atomic E-state index is 0.0787. The highest BCUT2D eigenvalue weighted by atomic mass is 16.6. The van der Waals surface area contributed by atoms with Crippen LogP contribution in [0.1, 0.15) is 26.7 Å².